The fraction of sp³-hybridized carbons (Fsp3) is 0.545. The zero-order valence-electron chi connectivity index (χ0n) is 9.60. The van der Waals surface area contributed by atoms with Crippen LogP contribution in [0.4, 0.5) is 0 Å². The minimum Gasteiger partial charge on any atom is -0.469 e. The van der Waals surface area contributed by atoms with Crippen LogP contribution in [0, 0.1) is 5.92 Å². The van der Waals surface area contributed by atoms with Gasteiger partial charge in [0.05, 0.1) is 13.5 Å². The molecular formula is C11H15N3O3. The fourth-order valence-electron chi connectivity index (χ4n) is 1.73. The number of methoxy groups -OCH3 is 1. The number of nitrogens with one attached hydrogen (secondary N) is 2. The number of carbonyl (C=O) groups is 2. The summed E-state index contributed by atoms with van der Waals surface area (Å²) in [5, 5.41) is 9.14. The topological polar surface area (TPSA) is 84.1 Å². The average Bonchev–Trinajstić information content (AvgIpc) is 3.02. The Morgan fingerprint density at radius 1 is 1.65 bits per heavy atom. The molecule has 1 saturated carbocycles. The summed E-state index contributed by atoms with van der Waals surface area (Å²) >= 11 is 0. The molecule has 1 atom stereocenters. The number of esters is 1. The molecule has 1 fully saturated rings. The highest BCUT2D eigenvalue weighted by Gasteiger charge is 2.34. The third kappa shape index (κ3) is 3.05. The smallest absolute Gasteiger partial charge is 0.307 e. The first-order valence-corrected chi connectivity index (χ1v) is 5.57. The van der Waals surface area contributed by atoms with Crippen LogP contribution in [0.1, 0.15) is 29.8 Å². The largest absolute Gasteiger partial charge is 0.469 e. The first-order chi connectivity index (χ1) is 8.20. The molecule has 0 aliphatic heterocycles. The van der Waals surface area contributed by atoms with Crippen LogP contribution in [0.15, 0.2) is 12.3 Å². The molecule has 1 aromatic heterocycles. The van der Waals surface area contributed by atoms with Crippen LogP contribution in [0.3, 0.4) is 0 Å². The van der Waals surface area contributed by atoms with Gasteiger partial charge < -0.3 is 10.1 Å². The molecule has 2 rings (SSSR count). The van der Waals surface area contributed by atoms with Crippen molar-refractivity contribution in [3.8, 4) is 0 Å². The number of amides is 1. The molecule has 1 aromatic rings. The van der Waals surface area contributed by atoms with Crippen molar-refractivity contribution in [2.24, 2.45) is 5.92 Å². The Morgan fingerprint density at radius 3 is 2.94 bits per heavy atom. The second kappa shape index (κ2) is 4.99. The van der Waals surface area contributed by atoms with Crippen molar-refractivity contribution in [3.63, 3.8) is 0 Å². The van der Waals surface area contributed by atoms with Crippen molar-refractivity contribution in [3.05, 3.63) is 18.0 Å². The lowest BCUT2D eigenvalue weighted by Crippen LogP contribution is -2.38. The van der Waals surface area contributed by atoms with Gasteiger partial charge in [0.15, 0.2) is 0 Å². The van der Waals surface area contributed by atoms with Crippen molar-refractivity contribution in [2.45, 2.75) is 25.3 Å². The van der Waals surface area contributed by atoms with E-state index >= 15 is 0 Å². The molecule has 17 heavy (non-hydrogen) atoms. The number of hydrogen-bond acceptors (Lipinski definition) is 4. The SMILES string of the molecule is COC(=O)C[C@H](NC(=O)c1ccn[nH]1)C1CC1. The lowest BCUT2D eigenvalue weighted by Gasteiger charge is -2.16. The number of H-pyrrole nitrogens is 1. The fourth-order valence-corrected chi connectivity index (χ4v) is 1.73. The van der Waals surface area contributed by atoms with Crippen LogP contribution in [0.5, 0.6) is 0 Å². The van der Waals surface area contributed by atoms with E-state index in [9.17, 15) is 9.59 Å². The summed E-state index contributed by atoms with van der Waals surface area (Å²) in [7, 11) is 1.35. The molecule has 0 unspecified atom stereocenters. The molecule has 0 saturated heterocycles. The van der Waals surface area contributed by atoms with Gasteiger partial charge in [-0.2, -0.15) is 5.10 Å². The second-order valence-electron chi connectivity index (χ2n) is 4.17. The normalized spacial score (nSPS) is 16.3. The number of ether oxygens (including phenoxy) is 1. The summed E-state index contributed by atoms with van der Waals surface area (Å²) in [6.45, 7) is 0. The van der Waals surface area contributed by atoms with Gasteiger partial charge >= 0.3 is 5.97 Å². The highest BCUT2D eigenvalue weighted by atomic mass is 16.5. The maximum atomic E-state index is 11.8. The molecule has 1 amide bonds. The third-order valence-electron chi connectivity index (χ3n) is 2.87. The number of rotatable bonds is 5. The van der Waals surface area contributed by atoms with E-state index in [2.05, 4.69) is 20.3 Å². The predicted molar refractivity (Wildman–Crippen MR) is 59.2 cm³/mol. The first kappa shape index (κ1) is 11.6. The molecule has 1 heterocycles. The molecule has 0 aromatic carbocycles. The lowest BCUT2D eigenvalue weighted by atomic mass is 10.1. The van der Waals surface area contributed by atoms with E-state index in [-0.39, 0.29) is 24.3 Å². The van der Waals surface area contributed by atoms with Gasteiger partial charge in [0.25, 0.3) is 5.91 Å². The number of nitrogens with zero attached hydrogens (tertiary/aromatic N) is 1. The van der Waals surface area contributed by atoms with Gasteiger partial charge in [-0.3, -0.25) is 14.7 Å². The highest BCUT2D eigenvalue weighted by molar-refractivity contribution is 5.92. The minimum atomic E-state index is -0.299. The van der Waals surface area contributed by atoms with Crippen molar-refractivity contribution in [2.75, 3.05) is 7.11 Å². The number of aromatic amines is 1. The van der Waals surface area contributed by atoms with E-state index in [1.807, 2.05) is 0 Å². The highest BCUT2D eigenvalue weighted by Crippen LogP contribution is 2.34. The maximum Gasteiger partial charge on any atom is 0.307 e. The molecule has 0 bridgehead atoms. The number of aromatic nitrogens is 2. The molecule has 1 aliphatic carbocycles. The number of hydrogen-bond donors (Lipinski definition) is 2. The standard InChI is InChI=1S/C11H15N3O3/c1-17-10(15)6-9(7-2-3-7)13-11(16)8-4-5-12-14-8/h4-5,7,9H,2-3,6H2,1H3,(H,12,14)(H,13,16)/t9-/m0/s1. The monoisotopic (exact) mass is 237 g/mol. The predicted octanol–water partition coefficient (Wildman–Crippen LogP) is 0.481. The first-order valence-electron chi connectivity index (χ1n) is 5.57. The summed E-state index contributed by atoms with van der Waals surface area (Å²) in [6.07, 6.45) is 3.83. The molecular weight excluding hydrogens is 222 g/mol. The van der Waals surface area contributed by atoms with Crippen molar-refractivity contribution in [1.82, 2.24) is 15.5 Å². The Labute approximate surface area is 98.7 Å². The van der Waals surface area contributed by atoms with Crippen LogP contribution in [0.2, 0.25) is 0 Å². The Morgan fingerprint density at radius 2 is 2.41 bits per heavy atom. The van der Waals surface area contributed by atoms with Gasteiger partial charge in [-0.05, 0) is 24.8 Å². The zero-order chi connectivity index (χ0) is 12.3. The van der Waals surface area contributed by atoms with Gasteiger partial charge in [0.2, 0.25) is 0 Å². The quantitative estimate of drug-likeness (QED) is 0.729. The molecule has 1 aliphatic rings. The van der Waals surface area contributed by atoms with E-state index in [4.69, 9.17) is 0 Å². The maximum absolute atomic E-state index is 11.8. The van der Waals surface area contributed by atoms with E-state index in [0.29, 0.717) is 11.6 Å². The van der Waals surface area contributed by atoms with Crippen LogP contribution >= 0.6 is 0 Å². The molecule has 92 valence electrons. The van der Waals surface area contributed by atoms with Gasteiger partial charge in [-0.25, -0.2) is 0 Å². The van der Waals surface area contributed by atoms with E-state index in [1.54, 1.807) is 6.07 Å². The van der Waals surface area contributed by atoms with Crippen molar-refractivity contribution < 1.29 is 14.3 Å². The second-order valence-corrected chi connectivity index (χ2v) is 4.17. The van der Waals surface area contributed by atoms with Crippen molar-refractivity contribution in [1.29, 1.82) is 0 Å². The summed E-state index contributed by atoms with van der Waals surface area (Å²) in [5.41, 5.74) is 0.403. The molecule has 2 N–H and O–H groups in total. The summed E-state index contributed by atoms with van der Waals surface area (Å²) in [4.78, 5) is 23.0. The summed E-state index contributed by atoms with van der Waals surface area (Å²) in [6, 6.07) is 1.45. The Kier molecular flexibility index (Phi) is 3.41. The molecule has 6 heteroatoms. The average molecular weight is 237 g/mol. The minimum absolute atomic E-state index is 0.141. The molecule has 6 nitrogen and oxygen atoms in total. The number of carbonyl (C=O) groups excluding carboxylic acids is 2. The Balaban J connectivity index is 1.93. The van der Waals surface area contributed by atoms with Gasteiger partial charge in [0.1, 0.15) is 5.69 Å². The molecule has 0 spiro atoms. The summed E-state index contributed by atoms with van der Waals surface area (Å²) < 4.78 is 4.62. The van der Waals surface area contributed by atoms with Gasteiger partial charge in [-0.1, -0.05) is 0 Å². The van der Waals surface area contributed by atoms with E-state index < -0.39 is 0 Å². The van der Waals surface area contributed by atoms with Crippen LogP contribution in [-0.4, -0.2) is 35.2 Å². The van der Waals surface area contributed by atoms with Crippen LogP contribution in [-0.2, 0) is 9.53 Å². The van der Waals surface area contributed by atoms with Crippen LogP contribution in [0.25, 0.3) is 0 Å². The van der Waals surface area contributed by atoms with Gasteiger partial charge in [-0.15, -0.1) is 0 Å². The third-order valence-corrected chi connectivity index (χ3v) is 2.87. The Bertz CT molecular complexity index is 398. The van der Waals surface area contributed by atoms with Crippen LogP contribution < -0.4 is 5.32 Å². The lowest BCUT2D eigenvalue weighted by molar-refractivity contribution is -0.141. The van der Waals surface area contributed by atoms with E-state index in [1.165, 1.54) is 13.3 Å². The van der Waals surface area contributed by atoms with Gasteiger partial charge in [0, 0.05) is 12.2 Å². The molecule has 0 radical (unpaired) electrons. The zero-order valence-corrected chi connectivity index (χ0v) is 9.60. The Hall–Kier alpha value is -1.85. The van der Waals surface area contributed by atoms with E-state index in [0.717, 1.165) is 12.8 Å². The summed E-state index contributed by atoms with van der Waals surface area (Å²) in [5.74, 6) is -0.143. The van der Waals surface area contributed by atoms with Crippen molar-refractivity contribution >= 4 is 11.9 Å².